The van der Waals surface area contributed by atoms with Crippen LogP contribution in [0.15, 0.2) is 49.3 Å². The van der Waals surface area contributed by atoms with Gasteiger partial charge in [-0.1, -0.05) is 18.2 Å². The number of likely N-dealkylation sites (N-methyl/N-ethyl adjacent to an activating group) is 2. The Labute approximate surface area is 269 Å². The molecule has 1 aromatic carbocycles. The van der Waals surface area contributed by atoms with Crippen LogP contribution >= 0.6 is 11.6 Å². The lowest BCUT2D eigenvalue weighted by molar-refractivity contribution is -0.141. The normalized spacial score (nSPS) is 11.7. The van der Waals surface area contributed by atoms with Crippen molar-refractivity contribution in [2.24, 2.45) is 0 Å². The molecule has 0 aliphatic rings. The highest BCUT2D eigenvalue weighted by molar-refractivity contribution is 6.31. The molecule has 3 aromatic heterocycles. The number of nitrogens with zero attached hydrogens (tertiary/aromatic N) is 7. The van der Waals surface area contributed by atoms with E-state index in [9.17, 15) is 17.6 Å². The summed E-state index contributed by atoms with van der Waals surface area (Å²) >= 11 is 5.91. The molecular weight excluding hydrogens is 628 g/mol. The summed E-state index contributed by atoms with van der Waals surface area (Å²) in [6.45, 7) is 10.4. The van der Waals surface area contributed by atoms with Crippen molar-refractivity contribution in [2.45, 2.75) is 20.0 Å². The average Bonchev–Trinajstić information content (AvgIpc) is 3.40. The van der Waals surface area contributed by atoms with Gasteiger partial charge in [0.05, 0.1) is 17.2 Å². The number of hydrogen-bond acceptors (Lipinski definition) is 9. The molecule has 0 aliphatic carbocycles. The third kappa shape index (κ3) is 8.71. The second-order valence-electron chi connectivity index (χ2n) is 10.7. The van der Waals surface area contributed by atoms with Crippen molar-refractivity contribution in [3.8, 4) is 22.8 Å². The smallest absolute Gasteiger partial charge is 0.435 e. The third-order valence-electron chi connectivity index (χ3n) is 6.74. The van der Waals surface area contributed by atoms with E-state index < -0.39 is 17.7 Å². The maximum atomic E-state index is 13.7. The summed E-state index contributed by atoms with van der Waals surface area (Å²) in [5.74, 6) is 0.0136. The van der Waals surface area contributed by atoms with E-state index in [1.807, 2.05) is 28.1 Å². The van der Waals surface area contributed by atoms with E-state index in [4.69, 9.17) is 21.1 Å². The minimum Gasteiger partial charge on any atom is -0.494 e. The highest BCUT2D eigenvalue weighted by Crippen LogP contribution is 2.34. The summed E-state index contributed by atoms with van der Waals surface area (Å²) in [4.78, 5) is 17.6. The molecule has 1 N–H and O–H groups in total. The van der Waals surface area contributed by atoms with Gasteiger partial charge in [-0.15, -0.1) is 0 Å². The Morgan fingerprint density at radius 1 is 1.07 bits per heavy atom. The number of aromatic nitrogens is 5. The van der Waals surface area contributed by atoms with Gasteiger partial charge in [-0.05, 0) is 65.3 Å². The molecule has 0 atom stereocenters. The quantitative estimate of drug-likeness (QED) is 0.121. The molecule has 0 unspecified atom stereocenters. The van der Waals surface area contributed by atoms with Crippen LogP contribution in [0, 0.1) is 12.7 Å². The van der Waals surface area contributed by atoms with Crippen LogP contribution in [0.25, 0.3) is 22.7 Å². The van der Waals surface area contributed by atoms with E-state index in [1.54, 1.807) is 6.07 Å². The maximum Gasteiger partial charge on any atom is 0.435 e. The lowest BCUT2D eigenvalue weighted by atomic mass is 10.1. The molecule has 10 nitrogen and oxygen atoms in total. The number of anilines is 2. The maximum absolute atomic E-state index is 13.7. The van der Waals surface area contributed by atoms with Crippen LogP contribution in [-0.4, -0.2) is 88.5 Å². The van der Waals surface area contributed by atoms with Gasteiger partial charge in [-0.25, -0.2) is 19.0 Å². The Balaban J connectivity index is 1.75. The third-order valence-corrected chi connectivity index (χ3v) is 7.03. The summed E-state index contributed by atoms with van der Waals surface area (Å²) in [5.41, 5.74) is 0.670. The van der Waals surface area contributed by atoms with Gasteiger partial charge in [0.15, 0.2) is 11.5 Å². The highest BCUT2D eigenvalue weighted by Gasteiger charge is 2.35. The Bertz CT molecular complexity index is 1680. The average molecular weight is 663 g/mol. The zero-order valence-electron chi connectivity index (χ0n) is 26.1. The van der Waals surface area contributed by atoms with E-state index in [-0.39, 0.29) is 28.4 Å². The van der Waals surface area contributed by atoms with E-state index in [0.717, 1.165) is 29.9 Å². The number of ether oxygens (including phenoxy) is 2. The van der Waals surface area contributed by atoms with E-state index in [2.05, 4.69) is 41.7 Å². The predicted octanol–water partition coefficient (Wildman–Crippen LogP) is 6.47. The summed E-state index contributed by atoms with van der Waals surface area (Å²) in [7, 11) is 6.01. The van der Waals surface area contributed by atoms with Crippen molar-refractivity contribution in [3.63, 3.8) is 0 Å². The minimum atomic E-state index is -4.68. The van der Waals surface area contributed by atoms with E-state index in [1.165, 1.54) is 31.5 Å². The predicted molar refractivity (Wildman–Crippen MR) is 169 cm³/mol. The molecule has 0 amide bonds. The molecule has 0 bridgehead atoms. The first kappa shape index (κ1) is 34.6. The molecule has 0 saturated carbocycles. The van der Waals surface area contributed by atoms with E-state index in [0.29, 0.717) is 47.9 Å². The van der Waals surface area contributed by atoms with Crippen LogP contribution in [0.2, 0.25) is 5.02 Å². The molecule has 3 heterocycles. The SMILES string of the molecule is C=C(OCC)c1cc(-c2cnc(Nc3ccc(F)c(Cl)c3)nc2-n2nc(C(F)(F)F)cc2C)cnc1OCCN(C)CCN(C)C. The van der Waals surface area contributed by atoms with Gasteiger partial charge >= 0.3 is 6.18 Å². The van der Waals surface area contributed by atoms with Gasteiger partial charge in [0.25, 0.3) is 0 Å². The van der Waals surface area contributed by atoms with Crippen LogP contribution in [0.4, 0.5) is 29.2 Å². The number of hydrogen-bond donors (Lipinski definition) is 1. The lowest BCUT2D eigenvalue weighted by Crippen LogP contribution is -2.31. The fraction of sp³-hybridized carbons (Fsp3) is 0.355. The lowest BCUT2D eigenvalue weighted by Gasteiger charge is -2.20. The van der Waals surface area contributed by atoms with Crippen LogP contribution in [0.3, 0.4) is 0 Å². The van der Waals surface area contributed by atoms with Crippen molar-refractivity contribution >= 4 is 29.0 Å². The number of benzene rings is 1. The van der Waals surface area contributed by atoms with Gasteiger partial charge in [0.2, 0.25) is 11.8 Å². The molecule has 0 radical (unpaired) electrons. The summed E-state index contributed by atoms with van der Waals surface area (Å²) < 4.78 is 67.4. The minimum absolute atomic E-state index is 0.00938. The number of halogens is 5. The summed E-state index contributed by atoms with van der Waals surface area (Å²) in [5, 5.41) is 6.58. The fourth-order valence-electron chi connectivity index (χ4n) is 4.28. The number of pyridine rings is 1. The van der Waals surface area contributed by atoms with Gasteiger partial charge in [0, 0.05) is 54.5 Å². The number of rotatable bonds is 14. The molecule has 4 aromatic rings. The number of nitrogens with one attached hydrogen (secondary N) is 1. The first-order chi connectivity index (χ1) is 21.8. The molecule has 15 heteroatoms. The van der Waals surface area contributed by atoms with Gasteiger partial charge in [0.1, 0.15) is 18.2 Å². The number of aryl methyl sites for hydroxylation is 1. The topological polar surface area (TPSA) is 93.5 Å². The molecule has 4 rings (SSSR count). The number of alkyl halides is 3. The van der Waals surface area contributed by atoms with Crippen LogP contribution < -0.4 is 10.1 Å². The first-order valence-electron chi connectivity index (χ1n) is 14.3. The van der Waals surface area contributed by atoms with E-state index >= 15 is 0 Å². The second kappa shape index (κ2) is 14.9. The van der Waals surface area contributed by atoms with Crippen molar-refractivity contribution in [1.29, 1.82) is 0 Å². The zero-order valence-corrected chi connectivity index (χ0v) is 26.9. The van der Waals surface area contributed by atoms with Gasteiger partial charge in [-0.2, -0.15) is 23.3 Å². The molecule has 0 aliphatic heterocycles. The van der Waals surface area contributed by atoms with Crippen molar-refractivity contribution < 1.29 is 27.0 Å². The van der Waals surface area contributed by atoms with Crippen LogP contribution in [-0.2, 0) is 10.9 Å². The molecule has 0 spiro atoms. The standard InChI is InChI=1S/C31H35ClF4N8O2/c1-7-45-20(3)23-15-21(17-37-29(23)46-13-12-43(6)11-10-42(4)5)24-18-38-30(39-22-8-9-26(33)25(32)16-22)40-28(24)44-19(2)14-27(41-44)31(34,35)36/h8-9,14-18H,3,7,10-13H2,1-2,4-6H3,(H,38,39,40). The summed E-state index contributed by atoms with van der Waals surface area (Å²) in [6.07, 6.45) is -1.75. The second-order valence-corrected chi connectivity index (χ2v) is 11.1. The first-order valence-corrected chi connectivity index (χ1v) is 14.7. The molecular formula is C31H35ClF4N8O2. The highest BCUT2D eigenvalue weighted by atomic mass is 35.5. The Hall–Kier alpha value is -4.27. The molecule has 46 heavy (non-hydrogen) atoms. The van der Waals surface area contributed by atoms with Crippen molar-refractivity contribution in [2.75, 3.05) is 59.3 Å². The van der Waals surface area contributed by atoms with Crippen molar-refractivity contribution in [1.82, 2.24) is 34.5 Å². The van der Waals surface area contributed by atoms with Gasteiger partial charge in [-0.3, -0.25) is 0 Å². The molecule has 246 valence electrons. The van der Waals surface area contributed by atoms with Gasteiger partial charge < -0.3 is 24.6 Å². The summed E-state index contributed by atoms with van der Waals surface area (Å²) in [6, 6.07) is 6.55. The van der Waals surface area contributed by atoms with Crippen molar-refractivity contribution in [3.05, 3.63) is 77.1 Å². The Morgan fingerprint density at radius 3 is 2.48 bits per heavy atom. The largest absolute Gasteiger partial charge is 0.494 e. The molecule has 0 saturated heterocycles. The Kier molecular flexibility index (Phi) is 11.2. The molecule has 0 fully saturated rings. The fourth-order valence-corrected chi connectivity index (χ4v) is 4.46. The monoisotopic (exact) mass is 662 g/mol. The Morgan fingerprint density at radius 2 is 1.83 bits per heavy atom. The van der Waals surface area contributed by atoms with Crippen LogP contribution in [0.5, 0.6) is 5.88 Å². The van der Waals surface area contributed by atoms with Crippen LogP contribution in [0.1, 0.15) is 23.9 Å². The zero-order chi connectivity index (χ0) is 33.6.